The third-order valence-corrected chi connectivity index (χ3v) is 6.16. The van der Waals surface area contributed by atoms with Crippen molar-refractivity contribution >= 4 is 18.4 Å². The van der Waals surface area contributed by atoms with Gasteiger partial charge < -0.3 is 15.2 Å². The van der Waals surface area contributed by atoms with E-state index in [0.717, 1.165) is 45.9 Å². The van der Waals surface area contributed by atoms with Crippen LogP contribution in [-0.2, 0) is 6.54 Å². The summed E-state index contributed by atoms with van der Waals surface area (Å²) in [5, 5.41) is 4.56. The van der Waals surface area contributed by atoms with Crippen LogP contribution in [0.2, 0.25) is 0 Å². The fraction of sp³-hybridized carbons (Fsp3) is 0.231. The van der Waals surface area contributed by atoms with Crippen molar-refractivity contribution in [3.8, 4) is 33.8 Å². The van der Waals surface area contributed by atoms with Crippen LogP contribution < -0.4 is 15.2 Å². The van der Waals surface area contributed by atoms with Crippen molar-refractivity contribution in [1.29, 1.82) is 0 Å². The average molecular weight is 461 g/mol. The zero-order valence-corrected chi connectivity index (χ0v) is 19.9. The van der Waals surface area contributed by atoms with E-state index >= 15 is 0 Å². The molecule has 6 nitrogen and oxygen atoms in total. The first kappa shape index (κ1) is 22.7. The number of aromatic nitrogens is 3. The number of anilines is 1. The van der Waals surface area contributed by atoms with Gasteiger partial charge in [-0.15, -0.1) is 12.6 Å². The van der Waals surface area contributed by atoms with E-state index in [1.165, 1.54) is 5.56 Å². The maximum Gasteiger partial charge on any atom is 0.135 e. The third kappa shape index (κ3) is 5.14. The quantitative estimate of drug-likeness (QED) is 0.330. The monoisotopic (exact) mass is 460 g/mol. The number of nitrogen functional groups attached to an aromatic ring is 1. The molecule has 0 saturated carbocycles. The van der Waals surface area contributed by atoms with E-state index in [0.29, 0.717) is 17.5 Å². The minimum atomic E-state index is 0.374. The van der Waals surface area contributed by atoms with E-state index in [4.69, 9.17) is 15.2 Å². The van der Waals surface area contributed by atoms with Crippen LogP contribution in [-0.4, -0.2) is 29.0 Å². The fourth-order valence-corrected chi connectivity index (χ4v) is 4.11. The van der Waals surface area contributed by atoms with Gasteiger partial charge in [0.15, 0.2) is 0 Å². The second kappa shape index (κ2) is 10.0. The minimum Gasteiger partial charge on any atom is -0.496 e. The van der Waals surface area contributed by atoms with Crippen molar-refractivity contribution in [2.24, 2.45) is 0 Å². The summed E-state index contributed by atoms with van der Waals surface area (Å²) in [7, 11) is 3.27. The first-order valence-electron chi connectivity index (χ1n) is 10.8. The summed E-state index contributed by atoms with van der Waals surface area (Å²) in [4.78, 5) is 4.96. The first-order valence-corrected chi connectivity index (χ1v) is 11.2. The molecule has 2 heterocycles. The number of ether oxygens (including phenoxy) is 2. The predicted molar refractivity (Wildman–Crippen MR) is 135 cm³/mol. The van der Waals surface area contributed by atoms with Gasteiger partial charge in [-0.25, -0.2) is 4.98 Å². The molecule has 2 aromatic heterocycles. The molecule has 0 fully saturated rings. The van der Waals surface area contributed by atoms with Gasteiger partial charge in [-0.2, -0.15) is 5.10 Å². The molecule has 0 amide bonds. The topological polar surface area (TPSA) is 75.2 Å². The molecule has 0 spiro atoms. The van der Waals surface area contributed by atoms with E-state index in [9.17, 15) is 0 Å². The zero-order chi connectivity index (χ0) is 23.4. The molecule has 7 heteroatoms. The molecular formula is C26H28N4O2S. The number of thiol groups is 1. The molecule has 4 aromatic rings. The largest absolute Gasteiger partial charge is 0.496 e. The summed E-state index contributed by atoms with van der Waals surface area (Å²) in [6.07, 6.45) is 6.67. The number of hydrogen-bond donors (Lipinski definition) is 2. The van der Waals surface area contributed by atoms with Gasteiger partial charge in [0.05, 0.1) is 20.4 Å². The highest BCUT2D eigenvalue weighted by Gasteiger charge is 2.14. The maximum atomic E-state index is 5.72. The number of aryl methyl sites for hydroxylation is 1. The Bertz CT molecular complexity index is 1240. The highest BCUT2D eigenvalue weighted by molar-refractivity contribution is 7.80. The summed E-state index contributed by atoms with van der Waals surface area (Å²) in [6.45, 7) is 3.05. The van der Waals surface area contributed by atoms with E-state index in [1.54, 1.807) is 14.2 Å². The number of nitrogens with zero attached hydrogens (tertiary/aromatic N) is 3. The zero-order valence-electron chi connectivity index (χ0n) is 19.0. The Morgan fingerprint density at radius 2 is 1.79 bits per heavy atom. The summed E-state index contributed by atoms with van der Waals surface area (Å²) < 4.78 is 12.9. The minimum absolute atomic E-state index is 0.374. The van der Waals surface area contributed by atoms with E-state index < -0.39 is 0 Å². The van der Waals surface area contributed by atoms with E-state index in [-0.39, 0.29) is 0 Å². The van der Waals surface area contributed by atoms with Crippen LogP contribution in [0.15, 0.2) is 72.0 Å². The SMILES string of the molecule is COc1cc(OC)c(-c2cnn(CCC(C)c3cccc(-c4ccc(N)nc4)c3)c2)cc1S. The predicted octanol–water partition coefficient (Wildman–Crippen LogP) is 5.69. The molecule has 33 heavy (non-hydrogen) atoms. The number of pyridine rings is 1. The lowest BCUT2D eigenvalue weighted by Crippen LogP contribution is -2.03. The van der Waals surface area contributed by atoms with Crippen LogP contribution in [0.3, 0.4) is 0 Å². The molecule has 0 aliphatic rings. The number of methoxy groups -OCH3 is 2. The lowest BCUT2D eigenvalue weighted by Gasteiger charge is -2.14. The average Bonchev–Trinajstić information content (AvgIpc) is 3.32. The molecule has 170 valence electrons. The standard InChI is InChI=1S/C26H28N4O2S/c1-17(18-5-4-6-19(11-18)20-7-8-26(27)28-14-20)9-10-30-16-21(15-29-30)22-12-25(33)24(32-3)13-23(22)31-2/h4-8,11-17,33H,9-10H2,1-3H3,(H2,27,28). The van der Waals surface area contributed by atoms with Crippen molar-refractivity contribution < 1.29 is 9.47 Å². The number of rotatable bonds is 8. The molecule has 0 aliphatic heterocycles. The van der Waals surface area contributed by atoms with Gasteiger partial charge in [0.2, 0.25) is 0 Å². The maximum absolute atomic E-state index is 5.72. The number of hydrogen-bond acceptors (Lipinski definition) is 6. The summed E-state index contributed by atoms with van der Waals surface area (Å²) >= 11 is 4.52. The second-order valence-corrected chi connectivity index (χ2v) is 8.49. The lowest BCUT2D eigenvalue weighted by atomic mass is 9.94. The van der Waals surface area contributed by atoms with Crippen molar-refractivity contribution in [3.05, 3.63) is 72.7 Å². The highest BCUT2D eigenvalue weighted by Crippen LogP contribution is 2.37. The Labute approximate surface area is 199 Å². The van der Waals surface area contributed by atoms with Crippen molar-refractivity contribution in [2.75, 3.05) is 20.0 Å². The van der Waals surface area contributed by atoms with Gasteiger partial charge in [-0.3, -0.25) is 4.68 Å². The van der Waals surface area contributed by atoms with Crippen molar-refractivity contribution in [1.82, 2.24) is 14.8 Å². The van der Waals surface area contributed by atoms with Gasteiger partial charge in [0.25, 0.3) is 0 Å². The summed E-state index contributed by atoms with van der Waals surface area (Å²) in [5.74, 6) is 2.31. The molecule has 1 atom stereocenters. The van der Waals surface area contributed by atoms with Crippen LogP contribution in [0.1, 0.15) is 24.8 Å². The normalized spacial score (nSPS) is 11.9. The number of nitrogens with two attached hydrogens (primary N) is 1. The molecule has 1 unspecified atom stereocenters. The van der Waals surface area contributed by atoms with Crippen molar-refractivity contribution in [2.45, 2.75) is 30.7 Å². The van der Waals surface area contributed by atoms with Crippen molar-refractivity contribution in [3.63, 3.8) is 0 Å². The Hall–Kier alpha value is -3.45. The molecule has 0 radical (unpaired) electrons. The Morgan fingerprint density at radius 3 is 2.52 bits per heavy atom. The summed E-state index contributed by atoms with van der Waals surface area (Å²) in [6, 6.07) is 16.2. The molecule has 0 saturated heterocycles. The number of benzene rings is 2. The molecular weight excluding hydrogens is 432 g/mol. The van der Waals surface area contributed by atoms with Crippen LogP contribution in [0.25, 0.3) is 22.3 Å². The Morgan fingerprint density at radius 1 is 0.970 bits per heavy atom. The smallest absolute Gasteiger partial charge is 0.135 e. The lowest BCUT2D eigenvalue weighted by molar-refractivity contribution is 0.388. The van der Waals surface area contributed by atoms with E-state index in [2.05, 4.69) is 53.9 Å². The summed E-state index contributed by atoms with van der Waals surface area (Å²) in [5.41, 5.74) is 11.1. The van der Waals surface area contributed by atoms with Gasteiger partial charge in [-0.1, -0.05) is 31.2 Å². The molecule has 4 rings (SSSR count). The Kier molecular flexibility index (Phi) is 6.89. The van der Waals surface area contributed by atoms with Gasteiger partial charge in [0, 0.05) is 46.6 Å². The van der Waals surface area contributed by atoms with Crippen LogP contribution in [0.4, 0.5) is 5.82 Å². The van der Waals surface area contributed by atoms with E-state index in [1.807, 2.05) is 47.5 Å². The molecule has 2 N–H and O–H groups in total. The molecule has 0 aliphatic carbocycles. The van der Waals surface area contributed by atoms with Gasteiger partial charge in [-0.05, 0) is 41.7 Å². The fourth-order valence-electron chi connectivity index (χ4n) is 3.83. The Balaban J connectivity index is 1.46. The second-order valence-electron chi connectivity index (χ2n) is 8.00. The van der Waals surface area contributed by atoms with Crippen LogP contribution >= 0.6 is 12.6 Å². The van der Waals surface area contributed by atoms with Crippen LogP contribution in [0, 0.1) is 0 Å². The van der Waals surface area contributed by atoms with Gasteiger partial charge in [0.1, 0.15) is 17.3 Å². The first-order chi connectivity index (χ1) is 16.0. The third-order valence-electron chi connectivity index (χ3n) is 5.81. The highest BCUT2D eigenvalue weighted by atomic mass is 32.1. The molecule has 0 bridgehead atoms. The van der Waals surface area contributed by atoms with Crippen LogP contribution in [0.5, 0.6) is 11.5 Å². The van der Waals surface area contributed by atoms with Gasteiger partial charge >= 0.3 is 0 Å². The molecule has 2 aromatic carbocycles.